The zero-order valence-electron chi connectivity index (χ0n) is 49.5. The van der Waals surface area contributed by atoms with Crippen LogP contribution in [-0.2, 0) is 57.2 Å². The maximum absolute atomic E-state index is 15.5. The highest BCUT2D eigenvalue weighted by Gasteiger charge is 2.64. The van der Waals surface area contributed by atoms with Gasteiger partial charge in [0.1, 0.15) is 47.4 Å². The molecule has 3 aliphatic heterocycles. The summed E-state index contributed by atoms with van der Waals surface area (Å²) in [5.74, 6) is -2.25. The number of carboxylic acid groups (broad SMARTS) is 1. The van der Waals surface area contributed by atoms with Crippen molar-refractivity contribution in [3.8, 4) is 23.0 Å². The third kappa shape index (κ3) is 13.8. The summed E-state index contributed by atoms with van der Waals surface area (Å²) in [4.78, 5) is 89.7. The van der Waals surface area contributed by atoms with E-state index < -0.39 is 67.2 Å². The first-order valence-electron chi connectivity index (χ1n) is 28.1. The number of carbonyl (C=O) groups excluding carboxylic acids is 4. The highest BCUT2D eigenvalue weighted by Crippen LogP contribution is 2.55. The number of hydrogen-bond acceptors (Lipinski definition) is 19. The number of esters is 1. The number of likely N-dealkylation sites (tertiary alicyclic amines) is 1. The standard InChI is InChI=1S/C65H64ClN7O13S3/c1-62(2,3)84-60(79)63(4,5)85-71-52(48-37-87-61(67)68-48)55(74)69-53-57(76)73-38-64(59(77)78,89-58(53)73)88-46-33-72(34-46)56(75)51(70-86-65(41-17-11-8-12-18-41,42-19-13-9-14-20-42)43-21-15-10-16-22-43)47-31-32-49(82-35-39-23-27-44(80-6)28-24-39)54(50(47)66)83-36-40-25-29-45(81-7)30-26-40/h8-32,37,46,53,58H,33-36,38H2,1-7H3,(H2,67,68)(H,69,74)(H,77,78)/b70-51-,71-52-/t53-,58-,64-/m1/s1. The van der Waals surface area contributed by atoms with Gasteiger partial charge in [0.15, 0.2) is 32.1 Å². The normalized spacial score (nSPS) is 17.8. The van der Waals surface area contributed by atoms with E-state index in [0.717, 1.165) is 46.0 Å². The zero-order valence-corrected chi connectivity index (χ0v) is 52.7. The quantitative estimate of drug-likeness (QED) is 0.0167. The predicted molar refractivity (Wildman–Crippen MR) is 340 cm³/mol. The van der Waals surface area contributed by atoms with Gasteiger partial charge in [-0.15, -0.1) is 34.9 Å². The van der Waals surface area contributed by atoms with Gasteiger partial charge in [-0.05, 0) is 82.1 Å². The molecule has 10 rings (SSSR count). The Morgan fingerprint density at radius 1 is 0.753 bits per heavy atom. The first kappa shape index (κ1) is 63.3. The highest BCUT2D eigenvalue weighted by atomic mass is 35.5. The molecule has 3 saturated heterocycles. The highest BCUT2D eigenvalue weighted by molar-refractivity contribution is 8.20. The molecule has 3 atom stereocenters. The van der Waals surface area contributed by atoms with Crippen molar-refractivity contribution in [1.82, 2.24) is 20.1 Å². The number of carbonyl (C=O) groups is 5. The number of amides is 3. The number of methoxy groups -OCH3 is 2. The molecular weight excluding hydrogens is 1220 g/mol. The van der Waals surface area contributed by atoms with E-state index in [9.17, 15) is 24.3 Å². The van der Waals surface area contributed by atoms with Gasteiger partial charge in [0.25, 0.3) is 11.8 Å². The third-order valence-corrected chi connectivity index (χ3v) is 19.0. The smallest absolute Gasteiger partial charge is 0.353 e. The minimum absolute atomic E-state index is 0.00748. The largest absolute Gasteiger partial charge is 0.497 e. The topological polar surface area (TPSA) is 252 Å². The van der Waals surface area contributed by atoms with Crippen molar-refractivity contribution < 1.29 is 62.4 Å². The molecule has 20 nitrogen and oxygen atoms in total. The Balaban J connectivity index is 0.947. The Morgan fingerprint density at radius 3 is 1.80 bits per heavy atom. The number of thiazole rings is 1. The summed E-state index contributed by atoms with van der Waals surface area (Å²) in [6.45, 7) is 7.96. The third-order valence-electron chi connectivity index (χ3n) is 14.6. The lowest BCUT2D eigenvalue weighted by Crippen LogP contribution is -2.68. The lowest BCUT2D eigenvalue weighted by atomic mass is 9.80. The number of aliphatic carboxylic acids is 1. The van der Waals surface area contributed by atoms with Crippen LogP contribution in [0.2, 0.25) is 5.02 Å². The number of fused-ring (bicyclic) bond motifs is 1. The summed E-state index contributed by atoms with van der Waals surface area (Å²) in [6.07, 6.45) is 0. The van der Waals surface area contributed by atoms with Gasteiger partial charge in [-0.1, -0.05) is 137 Å². The molecule has 0 saturated carbocycles. The molecule has 24 heteroatoms. The molecule has 7 aromatic rings. The number of nitrogens with two attached hydrogens (primary N) is 1. The van der Waals surface area contributed by atoms with Crippen LogP contribution in [0.15, 0.2) is 167 Å². The number of benzene rings is 6. The van der Waals surface area contributed by atoms with Crippen LogP contribution in [-0.4, -0.2) is 127 Å². The molecule has 89 heavy (non-hydrogen) atoms. The Labute approximate surface area is 531 Å². The number of anilines is 1. The molecule has 0 spiro atoms. The second kappa shape index (κ2) is 26.5. The van der Waals surface area contributed by atoms with Crippen molar-refractivity contribution in [2.45, 2.75) is 85.4 Å². The van der Waals surface area contributed by atoms with E-state index in [-0.39, 0.29) is 77.2 Å². The number of halogens is 1. The van der Waals surface area contributed by atoms with E-state index in [4.69, 9.17) is 55.8 Å². The first-order valence-corrected chi connectivity index (χ1v) is 31.1. The van der Waals surface area contributed by atoms with E-state index in [1.54, 1.807) is 47.1 Å². The van der Waals surface area contributed by atoms with Gasteiger partial charge < -0.3 is 59.3 Å². The number of aromatic nitrogens is 1. The number of oxime groups is 2. The van der Waals surface area contributed by atoms with Gasteiger partial charge in [-0.2, -0.15) is 0 Å². The summed E-state index contributed by atoms with van der Waals surface area (Å²) < 4.78 is 27.6. The van der Waals surface area contributed by atoms with E-state index in [1.165, 1.54) is 29.0 Å². The summed E-state index contributed by atoms with van der Waals surface area (Å²) in [7, 11) is 3.17. The molecule has 0 radical (unpaired) electrons. The minimum atomic E-state index is -1.66. The fourth-order valence-electron chi connectivity index (χ4n) is 9.88. The summed E-state index contributed by atoms with van der Waals surface area (Å²) in [5.41, 5.74) is 5.29. The van der Waals surface area contributed by atoms with E-state index in [0.29, 0.717) is 28.2 Å². The number of ether oxygens (including phenoxy) is 5. The zero-order chi connectivity index (χ0) is 63.3. The molecule has 0 aliphatic carbocycles. The van der Waals surface area contributed by atoms with Crippen LogP contribution in [0.1, 0.15) is 73.7 Å². The van der Waals surface area contributed by atoms with Crippen molar-refractivity contribution in [3.05, 3.63) is 201 Å². The van der Waals surface area contributed by atoms with Crippen LogP contribution >= 0.6 is 46.5 Å². The maximum atomic E-state index is 15.5. The van der Waals surface area contributed by atoms with Crippen molar-refractivity contribution in [3.63, 3.8) is 0 Å². The monoisotopic (exact) mass is 1280 g/mol. The Bertz CT molecular complexity index is 3700. The summed E-state index contributed by atoms with van der Waals surface area (Å²) in [5, 5.41) is 22.9. The predicted octanol–water partition coefficient (Wildman–Crippen LogP) is 9.93. The minimum Gasteiger partial charge on any atom is -0.497 e. The number of carboxylic acids is 1. The average Bonchev–Trinajstić information content (AvgIpc) is 1.63. The molecule has 3 fully saturated rings. The Hall–Kier alpha value is -8.77. The van der Waals surface area contributed by atoms with Gasteiger partial charge in [0.05, 0.1) is 25.8 Å². The van der Waals surface area contributed by atoms with Crippen molar-refractivity contribution in [2.24, 2.45) is 10.3 Å². The second-order valence-corrected chi connectivity index (χ2v) is 26.9. The second-order valence-electron chi connectivity index (χ2n) is 22.4. The average molecular weight is 1280 g/mol. The number of rotatable bonds is 24. The molecule has 4 heterocycles. The first-order chi connectivity index (χ1) is 42.6. The number of nitrogens with one attached hydrogen (secondary N) is 1. The molecule has 1 aromatic heterocycles. The number of β-lactam (4-membered cyclic amide) rings is 1. The molecule has 0 unspecified atom stereocenters. The number of hydrogen-bond donors (Lipinski definition) is 3. The number of thioether (sulfide) groups is 2. The maximum Gasteiger partial charge on any atom is 0.353 e. The van der Waals surface area contributed by atoms with Crippen LogP contribution < -0.4 is 30.0 Å². The lowest BCUT2D eigenvalue weighted by molar-refractivity contribution is -0.179. The number of nitrogen functional groups attached to an aromatic ring is 1. The molecule has 3 amide bonds. The summed E-state index contributed by atoms with van der Waals surface area (Å²) >= 11 is 10.7. The summed E-state index contributed by atoms with van der Waals surface area (Å²) in [6, 6.07) is 45.4. The fourth-order valence-corrected chi connectivity index (χ4v) is 14.3. The van der Waals surface area contributed by atoms with Crippen LogP contribution in [0.4, 0.5) is 5.13 Å². The number of nitrogens with zero attached hydrogens (tertiary/aromatic N) is 5. The van der Waals surface area contributed by atoms with Gasteiger partial charge in [0, 0.05) is 46.0 Å². The molecule has 4 N–H and O–H groups in total. The van der Waals surface area contributed by atoms with Crippen LogP contribution in [0.3, 0.4) is 0 Å². The van der Waals surface area contributed by atoms with Crippen LogP contribution in [0.5, 0.6) is 23.0 Å². The van der Waals surface area contributed by atoms with E-state index in [2.05, 4.69) is 15.5 Å². The van der Waals surface area contributed by atoms with E-state index in [1.807, 2.05) is 140 Å². The SMILES string of the molecule is COc1ccc(COc2ccc(/C(=N/OC(c3ccccc3)(c3ccccc3)c3ccccc3)C(=O)N3CC(S[C@]4(C(=O)O)CN5C(=O)[C@@H](NC(=O)/C(=N\OC(C)(C)C(=O)OC(C)(C)C)c6csc(N)n6)[C@H]5S4)C3)c(Cl)c2OCc2ccc(OC)cc2)cc1. The molecule has 462 valence electrons. The molecular formula is C65H64ClN7O13S3. The Kier molecular flexibility index (Phi) is 18.8. The molecule has 6 aromatic carbocycles. The van der Waals surface area contributed by atoms with Crippen molar-refractivity contribution in [1.29, 1.82) is 0 Å². The molecule has 0 bridgehead atoms. The van der Waals surface area contributed by atoms with Gasteiger partial charge in [0.2, 0.25) is 17.1 Å². The fraction of sp³-hybridized carbons (Fsp3) is 0.292. The molecule has 3 aliphatic rings. The van der Waals surface area contributed by atoms with Crippen molar-refractivity contribution >= 4 is 92.7 Å². The van der Waals surface area contributed by atoms with Gasteiger partial charge in [-0.3, -0.25) is 14.4 Å². The van der Waals surface area contributed by atoms with Crippen LogP contribution in [0, 0.1) is 0 Å². The van der Waals surface area contributed by atoms with Crippen LogP contribution in [0.25, 0.3) is 0 Å². The van der Waals surface area contributed by atoms with Crippen molar-refractivity contribution in [2.75, 3.05) is 39.6 Å². The lowest BCUT2D eigenvalue weighted by Gasteiger charge is -2.41. The van der Waals surface area contributed by atoms with Gasteiger partial charge in [-0.25, -0.2) is 14.6 Å². The Morgan fingerprint density at radius 2 is 1.29 bits per heavy atom. The van der Waals surface area contributed by atoms with Gasteiger partial charge >= 0.3 is 11.9 Å². The van der Waals surface area contributed by atoms with E-state index >= 15 is 4.79 Å².